The average molecular weight is 422 g/mol. The van der Waals surface area contributed by atoms with Gasteiger partial charge in [-0.25, -0.2) is 0 Å². The molecule has 0 spiro atoms. The van der Waals surface area contributed by atoms with Crippen LogP contribution >= 0.6 is 0 Å². The van der Waals surface area contributed by atoms with Crippen molar-refractivity contribution >= 4 is 29.8 Å². The fourth-order valence-corrected chi connectivity index (χ4v) is 2.07. The normalized spacial score (nSPS) is 9.72. The van der Waals surface area contributed by atoms with Crippen molar-refractivity contribution in [3.05, 3.63) is 12.7 Å². The number of rotatable bonds is 12. The Hall–Kier alpha value is -2.99. The van der Waals surface area contributed by atoms with Gasteiger partial charge in [0.15, 0.2) is 0 Å². The first kappa shape index (κ1) is 30.7. The van der Waals surface area contributed by atoms with Gasteiger partial charge in [0, 0.05) is 20.0 Å². The molecule has 5 N–H and O–H groups in total. The summed E-state index contributed by atoms with van der Waals surface area (Å²) < 4.78 is 0. The Morgan fingerprint density at radius 3 is 1.07 bits per heavy atom. The molecule has 29 heavy (non-hydrogen) atoms. The average Bonchev–Trinajstić information content (AvgIpc) is 2.43. The quantitative estimate of drug-likeness (QED) is 0.261. The van der Waals surface area contributed by atoms with E-state index in [4.69, 9.17) is 30.3 Å². The summed E-state index contributed by atoms with van der Waals surface area (Å²) in [5, 5.41) is 42.3. The summed E-state index contributed by atoms with van der Waals surface area (Å²) in [5.74, 6) is -5.86. The molecule has 0 heterocycles. The van der Waals surface area contributed by atoms with Crippen LogP contribution in [0.15, 0.2) is 12.7 Å². The van der Waals surface area contributed by atoms with Gasteiger partial charge >= 0.3 is 23.9 Å². The Labute approximate surface area is 168 Å². The highest BCUT2D eigenvalue weighted by molar-refractivity contribution is 5.73. The van der Waals surface area contributed by atoms with Gasteiger partial charge in [0.25, 0.3) is 5.97 Å². The van der Waals surface area contributed by atoms with E-state index in [1.54, 1.807) is 13.0 Å². The number of aliphatic carboxylic acids is 5. The third-order valence-corrected chi connectivity index (χ3v) is 2.58. The molecule has 0 atom stereocenters. The summed E-state index contributed by atoms with van der Waals surface area (Å²) in [7, 11) is 0. The number of allylic oxidation sites excluding steroid dienone is 1. The standard InChI is InChI=1S/C12H20N2O8.C3H6.C2H4O2/c1-8(2-13(4-9(15)16)5-10(17)18)3-14(6-11(19)20)7-12(21)22;1-3-2;1-2(3)4/h8H,2-7H2,1H3,(H,15,16)(H,17,18)(H,19,20)(H,21,22);3H,1H2,2H3;1H3,(H,3,4). The number of hydrogen-bond donors (Lipinski definition) is 5. The van der Waals surface area contributed by atoms with Crippen molar-refractivity contribution in [2.24, 2.45) is 5.92 Å². The van der Waals surface area contributed by atoms with Gasteiger partial charge in [-0.2, -0.15) is 0 Å². The molecule has 12 nitrogen and oxygen atoms in total. The van der Waals surface area contributed by atoms with Gasteiger partial charge in [-0.05, 0) is 12.8 Å². The van der Waals surface area contributed by atoms with Gasteiger partial charge in [0.2, 0.25) is 0 Å². The fraction of sp³-hybridized carbons (Fsp3) is 0.588. The van der Waals surface area contributed by atoms with Crippen LogP contribution < -0.4 is 0 Å². The lowest BCUT2D eigenvalue weighted by Gasteiger charge is -2.26. The Bertz CT molecular complexity index is 476. The third-order valence-electron chi connectivity index (χ3n) is 2.58. The van der Waals surface area contributed by atoms with Crippen molar-refractivity contribution in [2.45, 2.75) is 20.8 Å². The van der Waals surface area contributed by atoms with Gasteiger partial charge in [-0.15, -0.1) is 6.58 Å². The Kier molecular flexibility index (Phi) is 19.5. The first-order valence-corrected chi connectivity index (χ1v) is 8.33. The maximum atomic E-state index is 10.7. The maximum absolute atomic E-state index is 10.7. The number of nitrogens with zero attached hydrogens (tertiary/aromatic N) is 2. The zero-order valence-electron chi connectivity index (χ0n) is 16.8. The lowest BCUT2D eigenvalue weighted by Crippen LogP contribution is -2.42. The molecule has 0 saturated carbocycles. The zero-order chi connectivity index (χ0) is 23.6. The monoisotopic (exact) mass is 422 g/mol. The molecule has 0 fully saturated rings. The predicted molar refractivity (Wildman–Crippen MR) is 102 cm³/mol. The Morgan fingerprint density at radius 1 is 0.759 bits per heavy atom. The number of carbonyl (C=O) groups is 5. The molecule has 0 radical (unpaired) electrons. The van der Waals surface area contributed by atoms with E-state index in [0.717, 1.165) is 6.92 Å². The van der Waals surface area contributed by atoms with Crippen molar-refractivity contribution in [3.8, 4) is 0 Å². The minimum Gasteiger partial charge on any atom is -0.481 e. The highest BCUT2D eigenvalue weighted by atomic mass is 16.4. The summed E-state index contributed by atoms with van der Waals surface area (Å²) in [5.41, 5.74) is 0. The lowest BCUT2D eigenvalue weighted by atomic mass is 10.1. The number of carboxylic acids is 5. The van der Waals surface area contributed by atoms with Crippen molar-refractivity contribution in [1.29, 1.82) is 0 Å². The largest absolute Gasteiger partial charge is 0.481 e. The van der Waals surface area contributed by atoms with Crippen molar-refractivity contribution in [2.75, 3.05) is 39.3 Å². The van der Waals surface area contributed by atoms with Gasteiger partial charge < -0.3 is 25.5 Å². The molecular weight excluding hydrogens is 392 g/mol. The van der Waals surface area contributed by atoms with Crippen molar-refractivity contribution in [1.82, 2.24) is 9.80 Å². The van der Waals surface area contributed by atoms with E-state index in [1.807, 2.05) is 6.92 Å². The first-order valence-electron chi connectivity index (χ1n) is 8.33. The van der Waals surface area contributed by atoms with Crippen LogP contribution in [0.25, 0.3) is 0 Å². The molecule has 0 aliphatic heterocycles. The molecule has 0 unspecified atom stereocenters. The van der Waals surface area contributed by atoms with E-state index in [2.05, 4.69) is 6.58 Å². The Balaban J connectivity index is -0.000000831. The molecule has 0 aromatic rings. The summed E-state index contributed by atoms with van der Waals surface area (Å²) in [4.78, 5) is 54.1. The molecule has 0 amide bonds. The molecular formula is C17H30N2O10. The molecule has 0 aromatic carbocycles. The maximum Gasteiger partial charge on any atom is 0.317 e. The topological polar surface area (TPSA) is 193 Å². The van der Waals surface area contributed by atoms with Gasteiger partial charge in [-0.3, -0.25) is 33.8 Å². The third kappa shape index (κ3) is 30.0. The van der Waals surface area contributed by atoms with E-state index in [-0.39, 0.29) is 19.0 Å². The van der Waals surface area contributed by atoms with Crippen molar-refractivity contribution in [3.63, 3.8) is 0 Å². The van der Waals surface area contributed by atoms with Crippen LogP contribution in [-0.4, -0.2) is 104 Å². The number of carboxylic acid groups (broad SMARTS) is 5. The first-order chi connectivity index (χ1) is 13.2. The zero-order valence-corrected chi connectivity index (χ0v) is 16.8. The molecule has 0 rings (SSSR count). The predicted octanol–water partition coefficient (Wildman–Crippen LogP) is -0.152. The van der Waals surface area contributed by atoms with E-state index in [9.17, 15) is 19.2 Å². The van der Waals surface area contributed by atoms with Gasteiger partial charge in [-0.1, -0.05) is 13.0 Å². The summed E-state index contributed by atoms with van der Waals surface area (Å²) in [6.45, 7) is 6.32. The minimum atomic E-state index is -1.18. The second kappa shape index (κ2) is 18.4. The molecule has 0 saturated heterocycles. The lowest BCUT2D eigenvalue weighted by molar-refractivity contribution is -0.143. The fourth-order valence-electron chi connectivity index (χ4n) is 2.07. The summed E-state index contributed by atoms with van der Waals surface area (Å²) in [6, 6.07) is 0. The van der Waals surface area contributed by atoms with Crippen LogP contribution in [0.5, 0.6) is 0 Å². The van der Waals surface area contributed by atoms with Gasteiger partial charge in [0.05, 0.1) is 26.2 Å². The smallest absolute Gasteiger partial charge is 0.317 e. The van der Waals surface area contributed by atoms with E-state index >= 15 is 0 Å². The molecule has 0 bridgehead atoms. The van der Waals surface area contributed by atoms with Crippen molar-refractivity contribution < 1.29 is 49.5 Å². The molecule has 12 heteroatoms. The van der Waals surface area contributed by atoms with Crippen LogP contribution in [0.3, 0.4) is 0 Å². The Morgan fingerprint density at radius 2 is 0.931 bits per heavy atom. The highest BCUT2D eigenvalue weighted by Gasteiger charge is 2.20. The molecule has 0 aromatic heterocycles. The second-order valence-electron chi connectivity index (χ2n) is 5.95. The van der Waals surface area contributed by atoms with E-state index in [0.29, 0.717) is 0 Å². The molecule has 0 aliphatic carbocycles. The number of hydrogen-bond acceptors (Lipinski definition) is 7. The van der Waals surface area contributed by atoms with E-state index in [1.165, 1.54) is 9.80 Å². The summed E-state index contributed by atoms with van der Waals surface area (Å²) in [6.07, 6.45) is 1.75. The van der Waals surface area contributed by atoms with Crippen LogP contribution in [0.2, 0.25) is 0 Å². The minimum absolute atomic E-state index is 0.0916. The second-order valence-corrected chi connectivity index (χ2v) is 5.95. The SMILES string of the molecule is C=CC.CC(=O)O.CC(CN(CC(=O)O)CC(=O)O)CN(CC(=O)O)CC(=O)O. The molecule has 168 valence electrons. The van der Waals surface area contributed by atoms with Crippen LogP contribution in [0.1, 0.15) is 20.8 Å². The summed E-state index contributed by atoms with van der Waals surface area (Å²) >= 11 is 0. The highest BCUT2D eigenvalue weighted by Crippen LogP contribution is 2.04. The molecule has 0 aliphatic rings. The van der Waals surface area contributed by atoms with Gasteiger partial charge in [0.1, 0.15) is 0 Å². The van der Waals surface area contributed by atoms with Crippen LogP contribution in [-0.2, 0) is 24.0 Å². The van der Waals surface area contributed by atoms with Crippen LogP contribution in [0.4, 0.5) is 0 Å². The van der Waals surface area contributed by atoms with Crippen LogP contribution in [0, 0.1) is 5.92 Å². The van der Waals surface area contributed by atoms with E-state index < -0.39 is 56.0 Å².